The molecule has 2 nitrogen and oxygen atoms in total. The maximum atomic E-state index is 12.0. The highest BCUT2D eigenvalue weighted by Gasteiger charge is 2.31. The first-order chi connectivity index (χ1) is 6.15. The number of hydrogen-bond acceptors (Lipinski definition) is 2. The fraction of sp³-hybridized carbons (Fsp3) is 0.889. The topological polar surface area (TPSA) is 27.0 Å². The predicted molar refractivity (Wildman–Crippen MR) is 45.4 cm³/mol. The van der Waals surface area contributed by atoms with E-state index in [2.05, 4.69) is 6.07 Å². The zero-order chi connectivity index (χ0) is 9.84. The molecule has 0 spiro atoms. The van der Waals surface area contributed by atoms with E-state index in [4.69, 9.17) is 5.26 Å². The molecule has 0 amide bonds. The average molecular weight is 188 g/mol. The highest BCUT2D eigenvalue weighted by molar-refractivity contribution is 4.96. The van der Waals surface area contributed by atoms with E-state index in [0.717, 1.165) is 19.3 Å². The van der Waals surface area contributed by atoms with Crippen molar-refractivity contribution in [2.75, 3.05) is 13.6 Å². The minimum absolute atomic E-state index is 0.0407. The van der Waals surface area contributed by atoms with Crippen molar-refractivity contribution in [1.82, 2.24) is 4.90 Å². The van der Waals surface area contributed by atoms with Crippen LogP contribution in [-0.4, -0.2) is 31.0 Å². The lowest BCUT2D eigenvalue weighted by atomic mass is 10.0. The molecule has 1 fully saturated rings. The molecule has 74 valence electrons. The fourth-order valence-electron chi connectivity index (χ4n) is 1.97. The van der Waals surface area contributed by atoms with E-state index in [1.807, 2.05) is 0 Å². The standard InChI is InChI=1S/C9H14F2N2/c1-13(6-9(10)11)8-4-2-3-7(8)5-12/h7-9H,2-4,6H2,1H3. The number of nitriles is 1. The predicted octanol–water partition coefficient (Wildman–Crippen LogP) is 1.88. The number of halogens is 2. The van der Waals surface area contributed by atoms with Crippen LogP contribution >= 0.6 is 0 Å². The Morgan fingerprint density at radius 3 is 2.77 bits per heavy atom. The summed E-state index contributed by atoms with van der Waals surface area (Å²) >= 11 is 0. The van der Waals surface area contributed by atoms with E-state index in [9.17, 15) is 8.78 Å². The summed E-state index contributed by atoms with van der Waals surface area (Å²) in [5, 5.41) is 8.76. The first-order valence-electron chi connectivity index (χ1n) is 4.53. The molecule has 13 heavy (non-hydrogen) atoms. The molecule has 4 heteroatoms. The summed E-state index contributed by atoms with van der Waals surface area (Å²) in [7, 11) is 1.67. The third kappa shape index (κ3) is 2.63. The summed E-state index contributed by atoms with van der Waals surface area (Å²) in [4.78, 5) is 1.62. The van der Waals surface area contributed by atoms with Gasteiger partial charge in [0.1, 0.15) is 0 Å². The molecule has 1 aliphatic carbocycles. The molecule has 0 saturated heterocycles. The van der Waals surface area contributed by atoms with Gasteiger partial charge in [0, 0.05) is 6.04 Å². The van der Waals surface area contributed by atoms with Gasteiger partial charge >= 0.3 is 0 Å². The van der Waals surface area contributed by atoms with Crippen molar-refractivity contribution < 1.29 is 8.78 Å². The summed E-state index contributed by atoms with van der Waals surface area (Å²) in [6.45, 7) is -0.219. The molecule has 0 aliphatic heterocycles. The minimum Gasteiger partial charge on any atom is -0.297 e. The Morgan fingerprint density at radius 1 is 1.54 bits per heavy atom. The second-order valence-electron chi connectivity index (χ2n) is 3.56. The highest BCUT2D eigenvalue weighted by atomic mass is 19.3. The van der Waals surface area contributed by atoms with Gasteiger partial charge in [0.15, 0.2) is 0 Å². The first-order valence-corrected chi connectivity index (χ1v) is 4.53. The largest absolute Gasteiger partial charge is 0.297 e. The second-order valence-corrected chi connectivity index (χ2v) is 3.56. The van der Waals surface area contributed by atoms with Crippen LogP contribution in [-0.2, 0) is 0 Å². The quantitative estimate of drug-likeness (QED) is 0.676. The Kier molecular flexibility index (Phi) is 3.61. The molecule has 0 aromatic heterocycles. The van der Waals surface area contributed by atoms with Gasteiger partial charge < -0.3 is 0 Å². The lowest BCUT2D eigenvalue weighted by molar-refractivity contribution is 0.0762. The maximum absolute atomic E-state index is 12.0. The Bertz CT molecular complexity index is 200. The van der Waals surface area contributed by atoms with Crippen molar-refractivity contribution in [2.45, 2.75) is 31.7 Å². The molecule has 0 aromatic rings. The second kappa shape index (κ2) is 4.52. The Labute approximate surface area is 77.1 Å². The van der Waals surface area contributed by atoms with Crippen LogP contribution in [0.1, 0.15) is 19.3 Å². The zero-order valence-electron chi connectivity index (χ0n) is 7.71. The van der Waals surface area contributed by atoms with Crippen molar-refractivity contribution in [3.8, 4) is 6.07 Å². The minimum atomic E-state index is -2.30. The van der Waals surface area contributed by atoms with Crippen molar-refractivity contribution in [3.05, 3.63) is 0 Å². The van der Waals surface area contributed by atoms with Crippen LogP contribution < -0.4 is 0 Å². The smallest absolute Gasteiger partial charge is 0.251 e. The summed E-state index contributed by atoms with van der Waals surface area (Å²) in [6.07, 6.45) is 0.414. The van der Waals surface area contributed by atoms with Gasteiger partial charge in [-0.25, -0.2) is 8.78 Å². The molecule has 1 saturated carbocycles. The molecule has 0 heterocycles. The SMILES string of the molecule is CN(CC(F)F)C1CCCC1C#N. The monoisotopic (exact) mass is 188 g/mol. The molecular weight excluding hydrogens is 174 g/mol. The van der Waals surface area contributed by atoms with Gasteiger partial charge in [-0.2, -0.15) is 5.26 Å². The van der Waals surface area contributed by atoms with Gasteiger partial charge in [0.2, 0.25) is 0 Å². The van der Waals surface area contributed by atoms with E-state index in [-0.39, 0.29) is 18.5 Å². The van der Waals surface area contributed by atoms with Gasteiger partial charge in [0.05, 0.1) is 18.5 Å². The molecular formula is C9H14F2N2. The highest BCUT2D eigenvalue weighted by Crippen LogP contribution is 2.28. The van der Waals surface area contributed by atoms with Crippen LogP contribution in [0.5, 0.6) is 0 Å². The maximum Gasteiger partial charge on any atom is 0.251 e. The average Bonchev–Trinajstić information content (AvgIpc) is 2.49. The van der Waals surface area contributed by atoms with E-state index in [1.165, 1.54) is 0 Å². The van der Waals surface area contributed by atoms with E-state index < -0.39 is 6.43 Å². The Balaban J connectivity index is 2.46. The molecule has 1 aliphatic rings. The molecule has 0 aromatic carbocycles. The number of nitrogens with zero attached hydrogens (tertiary/aromatic N) is 2. The lowest BCUT2D eigenvalue weighted by Gasteiger charge is -2.25. The third-order valence-electron chi connectivity index (χ3n) is 2.64. The number of hydrogen-bond donors (Lipinski definition) is 0. The number of alkyl halides is 2. The normalized spacial score (nSPS) is 28.3. The third-order valence-corrected chi connectivity index (χ3v) is 2.64. The van der Waals surface area contributed by atoms with E-state index >= 15 is 0 Å². The molecule has 0 bridgehead atoms. The van der Waals surface area contributed by atoms with Crippen molar-refractivity contribution in [3.63, 3.8) is 0 Å². The van der Waals surface area contributed by atoms with Gasteiger partial charge in [0.25, 0.3) is 6.43 Å². The zero-order valence-corrected chi connectivity index (χ0v) is 7.71. The summed E-state index contributed by atoms with van der Waals surface area (Å²) in [5.41, 5.74) is 0. The first kappa shape index (κ1) is 10.4. The summed E-state index contributed by atoms with van der Waals surface area (Å²) in [5.74, 6) is -0.0521. The molecule has 0 N–H and O–H groups in total. The van der Waals surface area contributed by atoms with Crippen LogP contribution in [0, 0.1) is 17.2 Å². The summed E-state index contributed by atoms with van der Waals surface area (Å²) < 4.78 is 24.1. The van der Waals surface area contributed by atoms with E-state index in [0.29, 0.717) is 0 Å². The van der Waals surface area contributed by atoms with Gasteiger partial charge in [-0.3, -0.25) is 4.90 Å². The van der Waals surface area contributed by atoms with Crippen LogP contribution in [0.2, 0.25) is 0 Å². The van der Waals surface area contributed by atoms with Crippen molar-refractivity contribution >= 4 is 0 Å². The molecule has 2 unspecified atom stereocenters. The van der Waals surface area contributed by atoms with Crippen LogP contribution in [0.25, 0.3) is 0 Å². The number of rotatable bonds is 3. The van der Waals surface area contributed by atoms with Crippen molar-refractivity contribution in [1.29, 1.82) is 5.26 Å². The van der Waals surface area contributed by atoms with Crippen molar-refractivity contribution in [2.24, 2.45) is 5.92 Å². The lowest BCUT2D eigenvalue weighted by Crippen LogP contribution is -2.37. The Morgan fingerprint density at radius 2 is 2.23 bits per heavy atom. The van der Waals surface area contributed by atoms with Gasteiger partial charge in [-0.1, -0.05) is 6.42 Å². The molecule has 0 radical (unpaired) electrons. The Hall–Kier alpha value is -0.690. The molecule has 2 atom stereocenters. The molecule has 1 rings (SSSR count). The van der Waals surface area contributed by atoms with Gasteiger partial charge in [-0.05, 0) is 19.9 Å². The van der Waals surface area contributed by atoms with Crippen LogP contribution in [0.3, 0.4) is 0 Å². The van der Waals surface area contributed by atoms with Gasteiger partial charge in [-0.15, -0.1) is 0 Å². The van der Waals surface area contributed by atoms with E-state index in [1.54, 1.807) is 11.9 Å². The van der Waals surface area contributed by atoms with Crippen LogP contribution in [0.4, 0.5) is 8.78 Å². The van der Waals surface area contributed by atoms with Crippen LogP contribution in [0.15, 0.2) is 0 Å². The fourth-order valence-corrected chi connectivity index (χ4v) is 1.97. The summed E-state index contributed by atoms with van der Waals surface area (Å²) in [6, 6.07) is 2.22.